The zero-order valence-corrected chi connectivity index (χ0v) is 11.9. The monoisotopic (exact) mass is 249 g/mol. The fourth-order valence-electron chi connectivity index (χ4n) is 3.63. The van der Waals surface area contributed by atoms with E-state index >= 15 is 0 Å². The second-order valence-electron chi connectivity index (χ2n) is 7.47. The van der Waals surface area contributed by atoms with Crippen molar-refractivity contribution in [1.82, 2.24) is 4.90 Å². The molecule has 0 aromatic heterocycles. The Hall–Kier alpha value is -0.730. The number of nitrogens with two attached hydrogens (primary N) is 1. The Bertz CT molecular complexity index is 357. The Morgan fingerprint density at radius 1 is 1.22 bits per heavy atom. The van der Waals surface area contributed by atoms with Gasteiger partial charge in [-0.1, -0.05) is 20.3 Å². The number of guanidine groups is 1. The Labute approximate surface area is 111 Å². The van der Waals surface area contributed by atoms with Crippen molar-refractivity contribution in [2.75, 3.05) is 13.1 Å². The molecule has 3 nitrogen and oxygen atoms in total. The lowest BCUT2D eigenvalue weighted by Gasteiger charge is -2.39. The van der Waals surface area contributed by atoms with Crippen LogP contribution < -0.4 is 5.73 Å². The molecule has 18 heavy (non-hydrogen) atoms. The minimum Gasteiger partial charge on any atom is -0.370 e. The van der Waals surface area contributed by atoms with Gasteiger partial charge in [0.15, 0.2) is 5.96 Å². The third-order valence-corrected chi connectivity index (χ3v) is 5.29. The molecule has 102 valence electrons. The molecule has 1 atom stereocenters. The van der Waals surface area contributed by atoms with Gasteiger partial charge in [-0.2, -0.15) is 0 Å². The van der Waals surface area contributed by atoms with Gasteiger partial charge in [0.1, 0.15) is 0 Å². The largest absolute Gasteiger partial charge is 0.370 e. The van der Waals surface area contributed by atoms with E-state index < -0.39 is 0 Å². The van der Waals surface area contributed by atoms with Gasteiger partial charge in [-0.05, 0) is 49.9 Å². The van der Waals surface area contributed by atoms with E-state index in [0.717, 1.165) is 25.0 Å². The molecule has 0 aromatic rings. The van der Waals surface area contributed by atoms with E-state index in [1.807, 2.05) is 0 Å². The fraction of sp³-hybridized carbons (Fsp3) is 0.933. The molecule has 0 radical (unpaired) electrons. The molecule has 1 heterocycles. The van der Waals surface area contributed by atoms with E-state index in [9.17, 15) is 0 Å². The Balaban J connectivity index is 1.76. The molecule has 0 bridgehead atoms. The fourth-order valence-corrected chi connectivity index (χ4v) is 3.63. The number of nitrogens with zero attached hydrogens (tertiary/aromatic N) is 2. The first kappa shape index (κ1) is 12.3. The summed E-state index contributed by atoms with van der Waals surface area (Å²) in [5, 5.41) is 0. The quantitative estimate of drug-likeness (QED) is 0.817. The minimum atomic E-state index is 0.278. The Morgan fingerprint density at radius 2 is 2.00 bits per heavy atom. The van der Waals surface area contributed by atoms with E-state index in [1.165, 1.54) is 44.9 Å². The highest BCUT2D eigenvalue weighted by Crippen LogP contribution is 2.44. The molecule has 3 aliphatic rings. The maximum absolute atomic E-state index is 6.16. The topological polar surface area (TPSA) is 41.6 Å². The van der Waals surface area contributed by atoms with Crippen LogP contribution in [0, 0.1) is 11.3 Å². The zero-order valence-electron chi connectivity index (χ0n) is 11.9. The highest BCUT2D eigenvalue weighted by Gasteiger charge is 2.45. The van der Waals surface area contributed by atoms with Crippen LogP contribution in [0.1, 0.15) is 58.8 Å². The molecule has 1 unspecified atom stereocenters. The Kier molecular flexibility index (Phi) is 2.83. The molecule has 0 aromatic carbocycles. The third-order valence-electron chi connectivity index (χ3n) is 5.29. The average molecular weight is 249 g/mol. The van der Waals surface area contributed by atoms with Crippen molar-refractivity contribution in [3.8, 4) is 0 Å². The van der Waals surface area contributed by atoms with Gasteiger partial charge in [0.2, 0.25) is 0 Å². The van der Waals surface area contributed by atoms with Gasteiger partial charge in [-0.3, -0.25) is 4.99 Å². The van der Waals surface area contributed by atoms with Crippen molar-refractivity contribution >= 4 is 5.96 Å². The van der Waals surface area contributed by atoms with Crippen LogP contribution in [0.3, 0.4) is 0 Å². The van der Waals surface area contributed by atoms with Crippen molar-refractivity contribution in [1.29, 1.82) is 0 Å². The second-order valence-corrected chi connectivity index (χ2v) is 7.47. The predicted molar refractivity (Wildman–Crippen MR) is 75.5 cm³/mol. The van der Waals surface area contributed by atoms with E-state index in [0.29, 0.717) is 5.41 Å². The SMILES string of the molecule is CC1(C)CCCC2(CC1)CN=C(N)N2CC1CC1. The van der Waals surface area contributed by atoms with Crippen molar-refractivity contribution in [2.24, 2.45) is 22.1 Å². The zero-order chi connectivity index (χ0) is 12.8. The normalized spacial score (nSPS) is 35.7. The molecule has 3 heteroatoms. The second kappa shape index (κ2) is 4.14. The van der Waals surface area contributed by atoms with Crippen LogP contribution in [-0.4, -0.2) is 29.5 Å². The summed E-state index contributed by atoms with van der Waals surface area (Å²) in [6.45, 7) is 6.93. The lowest BCUT2D eigenvalue weighted by atomic mass is 9.83. The van der Waals surface area contributed by atoms with Gasteiger partial charge in [0.25, 0.3) is 0 Å². The third kappa shape index (κ3) is 2.24. The van der Waals surface area contributed by atoms with Crippen molar-refractivity contribution in [2.45, 2.75) is 64.3 Å². The summed E-state index contributed by atoms with van der Waals surface area (Å²) in [5.74, 6) is 1.71. The lowest BCUT2D eigenvalue weighted by Crippen LogP contribution is -2.52. The first-order chi connectivity index (χ1) is 8.51. The first-order valence-corrected chi connectivity index (χ1v) is 7.58. The summed E-state index contributed by atoms with van der Waals surface area (Å²) < 4.78 is 0. The minimum absolute atomic E-state index is 0.278. The van der Waals surface area contributed by atoms with Crippen molar-refractivity contribution in [3.05, 3.63) is 0 Å². The van der Waals surface area contributed by atoms with Gasteiger partial charge >= 0.3 is 0 Å². The first-order valence-electron chi connectivity index (χ1n) is 7.58. The molecule has 1 aliphatic heterocycles. The molecule has 2 N–H and O–H groups in total. The van der Waals surface area contributed by atoms with Crippen LogP contribution in [0.2, 0.25) is 0 Å². The molecule has 0 amide bonds. The molecular weight excluding hydrogens is 222 g/mol. The molecule has 0 saturated heterocycles. The van der Waals surface area contributed by atoms with Crippen molar-refractivity contribution < 1.29 is 0 Å². The van der Waals surface area contributed by atoms with Crippen LogP contribution in [0.4, 0.5) is 0 Å². The summed E-state index contributed by atoms with van der Waals surface area (Å²) in [4.78, 5) is 7.06. The molecule has 2 fully saturated rings. The summed E-state index contributed by atoms with van der Waals surface area (Å²) in [6, 6.07) is 0. The number of rotatable bonds is 2. The average Bonchev–Trinajstić information content (AvgIpc) is 3.08. The van der Waals surface area contributed by atoms with Gasteiger partial charge in [0, 0.05) is 6.54 Å². The van der Waals surface area contributed by atoms with Crippen LogP contribution in [0.5, 0.6) is 0 Å². The van der Waals surface area contributed by atoms with E-state index in [2.05, 4.69) is 23.7 Å². The molecular formula is C15H27N3. The molecule has 2 aliphatic carbocycles. The highest BCUT2D eigenvalue weighted by atomic mass is 15.4. The highest BCUT2D eigenvalue weighted by molar-refractivity contribution is 5.81. The summed E-state index contributed by atoms with van der Waals surface area (Å²) in [6.07, 6.45) is 9.35. The number of hydrogen-bond donors (Lipinski definition) is 1. The van der Waals surface area contributed by atoms with Crippen LogP contribution in [-0.2, 0) is 0 Å². The van der Waals surface area contributed by atoms with Gasteiger partial charge < -0.3 is 10.6 Å². The smallest absolute Gasteiger partial charge is 0.191 e. The number of hydrogen-bond acceptors (Lipinski definition) is 3. The van der Waals surface area contributed by atoms with E-state index in [4.69, 9.17) is 5.73 Å². The molecule has 3 rings (SSSR count). The van der Waals surface area contributed by atoms with Gasteiger partial charge in [0.05, 0.1) is 12.1 Å². The summed E-state index contributed by atoms with van der Waals surface area (Å²) >= 11 is 0. The maximum atomic E-state index is 6.16. The number of aliphatic imine (C=N–C) groups is 1. The molecule has 1 spiro atoms. The van der Waals surface area contributed by atoms with Crippen LogP contribution in [0.25, 0.3) is 0 Å². The Morgan fingerprint density at radius 3 is 2.72 bits per heavy atom. The lowest BCUT2D eigenvalue weighted by molar-refractivity contribution is 0.163. The van der Waals surface area contributed by atoms with Gasteiger partial charge in [-0.15, -0.1) is 0 Å². The summed E-state index contributed by atoms with van der Waals surface area (Å²) in [5.41, 5.74) is 6.94. The van der Waals surface area contributed by atoms with Crippen molar-refractivity contribution in [3.63, 3.8) is 0 Å². The molecule has 2 saturated carbocycles. The van der Waals surface area contributed by atoms with Gasteiger partial charge in [-0.25, -0.2) is 0 Å². The van der Waals surface area contributed by atoms with E-state index in [1.54, 1.807) is 0 Å². The standard InChI is InChI=1S/C15H27N3/c1-14(2)6-3-7-15(9-8-14)11-17-13(16)18(15)10-12-4-5-12/h12H,3-11H2,1-2H3,(H2,16,17). The predicted octanol–water partition coefficient (Wildman–Crippen LogP) is 2.76. The van der Waals surface area contributed by atoms with E-state index in [-0.39, 0.29) is 5.54 Å². The summed E-state index contributed by atoms with van der Waals surface area (Å²) in [7, 11) is 0. The maximum Gasteiger partial charge on any atom is 0.191 e. The van der Waals surface area contributed by atoms with Crippen LogP contribution >= 0.6 is 0 Å². The van der Waals surface area contributed by atoms with Crippen LogP contribution in [0.15, 0.2) is 4.99 Å².